The Morgan fingerprint density at radius 3 is 1.94 bits per heavy atom. The van der Waals surface area contributed by atoms with Crippen LogP contribution in [0.4, 0.5) is 0 Å². The van der Waals surface area contributed by atoms with Crippen molar-refractivity contribution < 1.29 is 8.85 Å². The minimum Gasteiger partial charge on any atom is -0.397 e. The molecular weight excluding hydrogens is 220 g/mol. The van der Waals surface area contributed by atoms with E-state index in [1.54, 1.807) is 0 Å². The first-order valence-corrected chi connectivity index (χ1v) is 7.75. The van der Waals surface area contributed by atoms with E-state index in [-0.39, 0.29) is 12.2 Å². The summed E-state index contributed by atoms with van der Waals surface area (Å²) in [4.78, 5) is 0. The normalized spacial score (nSPS) is 14.6. The van der Waals surface area contributed by atoms with Crippen LogP contribution in [-0.2, 0) is 8.85 Å². The van der Waals surface area contributed by atoms with Gasteiger partial charge in [-0.25, -0.2) is 0 Å². The predicted molar refractivity (Wildman–Crippen MR) is 72.3 cm³/mol. The number of rotatable bonds is 9. The molecule has 0 fully saturated rings. The molecule has 0 aromatic carbocycles. The maximum atomic E-state index is 5.86. The van der Waals surface area contributed by atoms with Gasteiger partial charge in [0.05, 0.1) is 0 Å². The van der Waals surface area contributed by atoms with Crippen molar-refractivity contribution in [3.63, 3.8) is 0 Å². The SMILES string of the molecule is CCCC(CC(C)N)[SiH](OCC)OCC.N. The number of hydrogen-bond acceptors (Lipinski definition) is 4. The summed E-state index contributed by atoms with van der Waals surface area (Å²) in [7, 11) is -1.50. The van der Waals surface area contributed by atoms with Crippen LogP contribution in [0.3, 0.4) is 0 Å². The van der Waals surface area contributed by atoms with Crippen molar-refractivity contribution in [2.45, 2.75) is 58.5 Å². The highest BCUT2D eigenvalue weighted by atomic mass is 28.3. The monoisotopic (exact) mass is 250 g/mol. The largest absolute Gasteiger partial charge is 0.397 e. The van der Waals surface area contributed by atoms with E-state index in [2.05, 4.69) is 13.8 Å². The molecule has 16 heavy (non-hydrogen) atoms. The van der Waals surface area contributed by atoms with Crippen molar-refractivity contribution in [3.05, 3.63) is 0 Å². The van der Waals surface area contributed by atoms with Gasteiger partial charge in [-0.3, -0.25) is 0 Å². The van der Waals surface area contributed by atoms with Crippen molar-refractivity contribution in [3.8, 4) is 0 Å². The van der Waals surface area contributed by atoms with E-state index in [1.807, 2.05) is 13.8 Å². The summed E-state index contributed by atoms with van der Waals surface area (Å²) in [6.45, 7) is 9.86. The van der Waals surface area contributed by atoms with Gasteiger partial charge in [0.1, 0.15) is 0 Å². The maximum absolute atomic E-state index is 5.86. The third-order valence-corrected chi connectivity index (χ3v) is 5.08. The van der Waals surface area contributed by atoms with E-state index in [9.17, 15) is 0 Å². The molecule has 2 atom stereocenters. The average Bonchev–Trinajstić information content (AvgIpc) is 2.16. The second-order valence-corrected chi connectivity index (χ2v) is 6.39. The molecule has 4 nitrogen and oxygen atoms in total. The Kier molecular flexibility index (Phi) is 13.3. The summed E-state index contributed by atoms with van der Waals surface area (Å²) >= 11 is 0. The van der Waals surface area contributed by atoms with Crippen LogP contribution < -0.4 is 11.9 Å². The van der Waals surface area contributed by atoms with Crippen LogP contribution in [0, 0.1) is 0 Å². The second-order valence-electron chi connectivity index (χ2n) is 4.04. The Bertz CT molecular complexity index is 142. The van der Waals surface area contributed by atoms with Gasteiger partial charge in [0, 0.05) is 24.8 Å². The molecule has 0 aliphatic carbocycles. The highest BCUT2D eigenvalue weighted by Gasteiger charge is 2.25. The molecule has 0 bridgehead atoms. The lowest BCUT2D eigenvalue weighted by atomic mass is 10.1. The standard InChI is InChI=1S/C11H27NO2Si.H3N/c1-5-8-11(9-10(4)12)15(13-6-2)14-7-3;/h10-11,15H,5-9,12H2,1-4H3;1H3. The zero-order valence-corrected chi connectivity index (χ0v) is 12.5. The van der Waals surface area contributed by atoms with Crippen LogP contribution in [0.1, 0.15) is 47.0 Å². The smallest absolute Gasteiger partial charge is 0.324 e. The van der Waals surface area contributed by atoms with Crippen molar-refractivity contribution in [2.24, 2.45) is 5.73 Å². The van der Waals surface area contributed by atoms with E-state index >= 15 is 0 Å². The molecule has 0 spiro atoms. The van der Waals surface area contributed by atoms with Crippen LogP contribution in [0.5, 0.6) is 0 Å². The highest BCUT2D eigenvalue weighted by Crippen LogP contribution is 2.24. The average molecular weight is 250 g/mol. The minimum absolute atomic E-state index is 0. The van der Waals surface area contributed by atoms with E-state index in [4.69, 9.17) is 14.6 Å². The van der Waals surface area contributed by atoms with Gasteiger partial charge < -0.3 is 20.7 Å². The summed E-state index contributed by atoms with van der Waals surface area (Å²) in [5.74, 6) is 0. The van der Waals surface area contributed by atoms with Gasteiger partial charge in [0.2, 0.25) is 0 Å². The van der Waals surface area contributed by atoms with Crippen molar-refractivity contribution in [2.75, 3.05) is 13.2 Å². The molecular formula is C11H30N2O2Si. The Morgan fingerprint density at radius 2 is 1.62 bits per heavy atom. The second kappa shape index (κ2) is 11.5. The fourth-order valence-corrected chi connectivity index (χ4v) is 4.42. The van der Waals surface area contributed by atoms with Crippen molar-refractivity contribution in [1.29, 1.82) is 0 Å². The van der Waals surface area contributed by atoms with E-state index in [0.717, 1.165) is 19.6 Å². The fraction of sp³-hybridized carbons (Fsp3) is 1.00. The summed E-state index contributed by atoms with van der Waals surface area (Å²) in [5.41, 5.74) is 6.43. The molecule has 100 valence electrons. The van der Waals surface area contributed by atoms with Gasteiger partial charge in [-0.05, 0) is 33.6 Å². The Hall–Kier alpha value is 0.0569. The van der Waals surface area contributed by atoms with Gasteiger partial charge in [0.15, 0.2) is 0 Å². The Balaban J connectivity index is 0. The van der Waals surface area contributed by atoms with Gasteiger partial charge in [0.25, 0.3) is 0 Å². The first-order valence-electron chi connectivity index (χ1n) is 6.14. The van der Waals surface area contributed by atoms with Gasteiger partial charge in [-0.2, -0.15) is 0 Å². The topological polar surface area (TPSA) is 79.5 Å². The summed E-state index contributed by atoms with van der Waals surface area (Å²) in [5, 5.41) is 0. The van der Waals surface area contributed by atoms with Gasteiger partial charge >= 0.3 is 9.28 Å². The quantitative estimate of drug-likeness (QED) is 0.616. The van der Waals surface area contributed by atoms with Crippen LogP contribution in [0.2, 0.25) is 5.54 Å². The van der Waals surface area contributed by atoms with Gasteiger partial charge in [-0.1, -0.05) is 13.3 Å². The molecule has 0 aromatic heterocycles. The molecule has 0 rings (SSSR count). The molecule has 0 radical (unpaired) electrons. The molecule has 2 unspecified atom stereocenters. The fourth-order valence-electron chi connectivity index (χ4n) is 1.86. The molecule has 5 heteroatoms. The molecule has 0 aliphatic rings. The van der Waals surface area contributed by atoms with Gasteiger partial charge in [-0.15, -0.1) is 0 Å². The lowest BCUT2D eigenvalue weighted by molar-refractivity contribution is 0.199. The molecule has 0 saturated heterocycles. The van der Waals surface area contributed by atoms with Crippen LogP contribution in [0.25, 0.3) is 0 Å². The van der Waals surface area contributed by atoms with E-state index in [0.29, 0.717) is 5.54 Å². The van der Waals surface area contributed by atoms with E-state index < -0.39 is 9.28 Å². The number of nitrogens with two attached hydrogens (primary N) is 1. The lowest BCUT2D eigenvalue weighted by Crippen LogP contribution is -2.32. The molecule has 0 amide bonds. The third kappa shape index (κ3) is 8.24. The Labute approximate surface area is 102 Å². The van der Waals surface area contributed by atoms with Crippen LogP contribution >= 0.6 is 0 Å². The minimum atomic E-state index is -1.50. The molecule has 0 saturated carbocycles. The third-order valence-electron chi connectivity index (χ3n) is 2.38. The van der Waals surface area contributed by atoms with E-state index in [1.165, 1.54) is 12.8 Å². The summed E-state index contributed by atoms with van der Waals surface area (Å²) in [6.07, 6.45) is 3.39. The first kappa shape index (κ1) is 18.4. The lowest BCUT2D eigenvalue weighted by Gasteiger charge is -2.25. The van der Waals surface area contributed by atoms with Crippen molar-refractivity contribution >= 4 is 9.28 Å². The molecule has 0 aliphatic heterocycles. The summed E-state index contributed by atoms with van der Waals surface area (Å²) < 4.78 is 11.5. The van der Waals surface area contributed by atoms with Crippen LogP contribution in [-0.4, -0.2) is 28.5 Å². The highest BCUT2D eigenvalue weighted by molar-refractivity contribution is 6.46. The number of hydrogen-bond donors (Lipinski definition) is 2. The molecule has 5 N–H and O–H groups in total. The summed E-state index contributed by atoms with van der Waals surface area (Å²) in [6, 6.07) is 0.248. The van der Waals surface area contributed by atoms with Crippen LogP contribution in [0.15, 0.2) is 0 Å². The predicted octanol–water partition coefficient (Wildman–Crippen LogP) is 2.35. The molecule has 0 heterocycles. The molecule has 0 aromatic rings. The Morgan fingerprint density at radius 1 is 1.12 bits per heavy atom. The van der Waals surface area contributed by atoms with Crippen molar-refractivity contribution in [1.82, 2.24) is 6.15 Å². The first-order chi connectivity index (χ1) is 7.15. The zero-order chi connectivity index (χ0) is 11.7. The maximum Gasteiger partial charge on any atom is 0.324 e. The zero-order valence-electron chi connectivity index (χ0n) is 11.4.